The summed E-state index contributed by atoms with van der Waals surface area (Å²) in [7, 11) is 0. The summed E-state index contributed by atoms with van der Waals surface area (Å²) in [6.07, 6.45) is 4.03. The van der Waals surface area contributed by atoms with Crippen LogP contribution >= 0.6 is 0 Å². The molecule has 9 rings (SSSR count). The van der Waals surface area contributed by atoms with Crippen molar-refractivity contribution in [2.24, 2.45) is 0 Å². The number of hydrogen-bond donors (Lipinski definition) is 0. The summed E-state index contributed by atoms with van der Waals surface area (Å²) in [5.41, 5.74) is 10.6. The van der Waals surface area contributed by atoms with Crippen molar-refractivity contribution in [3.63, 3.8) is 0 Å². The second-order valence-corrected chi connectivity index (χ2v) is 12.8. The first-order valence-electron chi connectivity index (χ1n) is 17.4. The average Bonchev–Trinajstić information content (AvgIpc) is 3.89. The molecule has 0 saturated carbocycles. The Hall–Kier alpha value is -4.83. The minimum absolute atomic E-state index is 0. The third-order valence-electron chi connectivity index (χ3n) is 9.24. The smallest absolute Gasteiger partial charge is 0.0722 e. The van der Waals surface area contributed by atoms with E-state index in [9.17, 15) is 0 Å². The van der Waals surface area contributed by atoms with Crippen LogP contribution in [0, 0.1) is 18.8 Å². The van der Waals surface area contributed by atoms with Gasteiger partial charge in [0.15, 0.2) is 0 Å². The first-order chi connectivity index (χ1) is 24.1. The number of benzene rings is 5. The molecule has 8 aromatic rings. The predicted octanol–water partition coefficient (Wildman–Crippen LogP) is 10.9. The van der Waals surface area contributed by atoms with E-state index in [1.165, 1.54) is 21.6 Å². The largest absolute Gasteiger partial charge is 0.511 e. The quantitative estimate of drug-likeness (QED) is 0.131. The molecule has 7 heteroatoms. The van der Waals surface area contributed by atoms with E-state index in [-0.39, 0.29) is 20.4 Å². The molecule has 0 amide bonds. The Morgan fingerprint density at radius 3 is 1.92 bits per heavy atom. The number of para-hydroxylation sites is 2. The topological polar surface area (TPSA) is 50.6 Å². The molecule has 0 atom stereocenters. The molecule has 6 nitrogen and oxygen atoms in total. The minimum Gasteiger partial charge on any atom is -0.511 e. The first kappa shape index (κ1) is 27.2. The van der Waals surface area contributed by atoms with E-state index in [1.54, 1.807) is 6.67 Å². The molecule has 0 radical (unpaired) electrons. The van der Waals surface area contributed by atoms with Crippen molar-refractivity contribution in [1.29, 1.82) is 0 Å². The van der Waals surface area contributed by atoms with E-state index in [2.05, 4.69) is 64.2 Å². The normalized spacial score (nSPS) is 14.3. The van der Waals surface area contributed by atoms with Gasteiger partial charge in [0, 0.05) is 58.8 Å². The SMILES string of the molecule is [2H]C([2H])([2H])N1[CH-]N(c2[c-]c3c(cc2)oc2ccc4oc5ccc(-n6cc(-c7c(C(C)C)cccc7C(C)C)cn6)[c-]c5c4c23)c2ccccc21.[Pd]. The van der Waals surface area contributed by atoms with Crippen molar-refractivity contribution < 1.29 is 33.4 Å². The van der Waals surface area contributed by atoms with E-state index in [4.69, 9.17) is 18.0 Å². The molecule has 4 heterocycles. The summed E-state index contributed by atoms with van der Waals surface area (Å²) >= 11 is 0. The van der Waals surface area contributed by atoms with Crippen molar-refractivity contribution >= 4 is 60.9 Å². The fraction of sp³-hybridized carbons (Fsp3) is 0.171. The number of anilines is 3. The molecule has 5 aromatic carbocycles. The molecule has 0 fully saturated rings. The molecular weight excluding hydrogens is 687 g/mol. The molecule has 0 spiro atoms. The molecule has 0 unspecified atom stereocenters. The maximum atomic E-state index is 8.11. The van der Waals surface area contributed by atoms with Crippen LogP contribution in [0.25, 0.3) is 60.7 Å². The van der Waals surface area contributed by atoms with Gasteiger partial charge in [-0.1, -0.05) is 74.5 Å². The van der Waals surface area contributed by atoms with E-state index >= 15 is 0 Å². The summed E-state index contributed by atoms with van der Waals surface area (Å²) in [4.78, 5) is 3.17. The number of nitrogens with zero attached hydrogens (tertiary/aromatic N) is 4. The zero-order chi connectivity index (χ0) is 34.5. The summed E-state index contributed by atoms with van der Waals surface area (Å²) in [6.45, 7) is 8.20. The Labute approximate surface area is 297 Å². The molecule has 0 bridgehead atoms. The maximum Gasteiger partial charge on any atom is 0.0722 e. The van der Waals surface area contributed by atoms with Gasteiger partial charge in [-0.25, -0.2) is 0 Å². The zero-order valence-corrected chi connectivity index (χ0v) is 28.4. The molecule has 3 aromatic heterocycles. The molecule has 242 valence electrons. The molecule has 1 aliphatic rings. The van der Waals surface area contributed by atoms with Gasteiger partial charge in [0.25, 0.3) is 0 Å². The monoisotopic (exact) mass is 722 g/mol. The van der Waals surface area contributed by atoms with Crippen molar-refractivity contribution in [2.45, 2.75) is 39.5 Å². The van der Waals surface area contributed by atoms with E-state index in [1.807, 2.05) is 76.4 Å². The predicted molar refractivity (Wildman–Crippen MR) is 191 cm³/mol. The van der Waals surface area contributed by atoms with Gasteiger partial charge in [-0.2, -0.15) is 11.8 Å². The van der Waals surface area contributed by atoms with Gasteiger partial charge < -0.3 is 18.6 Å². The van der Waals surface area contributed by atoms with Crippen LogP contribution in [0.15, 0.2) is 100 Å². The number of aromatic nitrogens is 2. The second kappa shape index (κ2) is 11.4. The van der Waals surface area contributed by atoms with Gasteiger partial charge in [0.1, 0.15) is 0 Å². The minimum atomic E-state index is -2.34. The Balaban J connectivity index is 0.00000374. The van der Waals surface area contributed by atoms with Crippen molar-refractivity contribution in [3.05, 3.63) is 121 Å². The maximum absolute atomic E-state index is 8.11. The molecule has 0 N–H and O–H groups in total. The van der Waals surface area contributed by atoms with Crippen LogP contribution in [0.5, 0.6) is 0 Å². The van der Waals surface area contributed by atoms with Crippen LogP contribution in [-0.4, -0.2) is 16.8 Å². The van der Waals surface area contributed by atoms with Gasteiger partial charge in [-0.05, 0) is 65.5 Å². The van der Waals surface area contributed by atoms with E-state index in [0.717, 1.165) is 38.5 Å². The van der Waals surface area contributed by atoms with Crippen molar-refractivity contribution in [2.75, 3.05) is 16.8 Å². The Bertz CT molecular complexity index is 2590. The molecule has 1 aliphatic heterocycles. The number of fused-ring (bicyclic) bond motifs is 8. The van der Waals surface area contributed by atoms with Gasteiger partial charge in [0.2, 0.25) is 0 Å². The molecule has 0 saturated heterocycles. The first-order valence-corrected chi connectivity index (χ1v) is 15.9. The fourth-order valence-corrected chi connectivity index (χ4v) is 6.99. The molecule has 0 aliphatic carbocycles. The van der Waals surface area contributed by atoms with Crippen LogP contribution in [0.2, 0.25) is 0 Å². The number of hydrogen-bond acceptors (Lipinski definition) is 5. The summed E-state index contributed by atoms with van der Waals surface area (Å²) in [5, 5.41) is 8.14. The van der Waals surface area contributed by atoms with Gasteiger partial charge >= 0.3 is 0 Å². The van der Waals surface area contributed by atoms with E-state index < -0.39 is 6.98 Å². The van der Waals surface area contributed by atoms with Crippen LogP contribution in [0.1, 0.15) is 54.8 Å². The van der Waals surface area contributed by atoms with Gasteiger partial charge in [-0.15, -0.1) is 47.2 Å². The second-order valence-electron chi connectivity index (χ2n) is 12.8. The number of furan rings is 2. The third-order valence-corrected chi connectivity index (χ3v) is 9.24. The zero-order valence-electron chi connectivity index (χ0n) is 29.8. The fourth-order valence-electron chi connectivity index (χ4n) is 6.99. The van der Waals surface area contributed by atoms with Crippen LogP contribution < -0.4 is 9.80 Å². The third kappa shape index (κ3) is 4.60. The Morgan fingerprint density at radius 1 is 0.708 bits per heavy atom. The standard InChI is InChI=1S/C41H33N4O2.Pd/c1-24(2)29-9-8-10-30(25(3)4)39(29)26-21-42-45(22-26)28-14-16-36-32(20-28)41-38(47-36)18-17-37-40(41)31-19-27(13-15-35(31)46-37)44-23-43(5)33-11-6-7-12-34(33)44;/h6-18,21-25H,1-5H3;/q-3;/i5D3;. The van der Waals surface area contributed by atoms with Crippen molar-refractivity contribution in [1.82, 2.24) is 9.78 Å². The van der Waals surface area contributed by atoms with Crippen LogP contribution in [-0.2, 0) is 20.4 Å². The van der Waals surface area contributed by atoms with Crippen molar-refractivity contribution in [3.8, 4) is 16.8 Å². The van der Waals surface area contributed by atoms with Gasteiger partial charge in [0.05, 0.1) is 17.4 Å². The number of rotatable bonds is 5. The Kier molecular flexibility index (Phi) is 6.45. The summed E-state index contributed by atoms with van der Waals surface area (Å²) < 4.78 is 38.9. The molecular formula is C41H33N4O2Pd-3. The van der Waals surface area contributed by atoms with Crippen LogP contribution in [0.4, 0.5) is 17.1 Å². The summed E-state index contributed by atoms with van der Waals surface area (Å²) in [6, 6.07) is 32.8. The van der Waals surface area contributed by atoms with E-state index in [0.29, 0.717) is 45.5 Å². The Morgan fingerprint density at radius 2 is 1.29 bits per heavy atom. The summed E-state index contributed by atoms with van der Waals surface area (Å²) in [5.74, 6) is 0.741. The average molecular weight is 723 g/mol. The van der Waals surface area contributed by atoms with Crippen LogP contribution in [0.3, 0.4) is 0 Å². The molecule has 48 heavy (non-hydrogen) atoms. The van der Waals surface area contributed by atoms with Gasteiger partial charge in [-0.3, -0.25) is 4.68 Å².